The molecule has 0 radical (unpaired) electrons. The van der Waals surface area contributed by atoms with Crippen molar-refractivity contribution in [1.29, 1.82) is 0 Å². The SMILES string of the molecule is COC(=O)c1cc2cccnc2nc1C. The minimum absolute atomic E-state index is 0.370. The fourth-order valence-corrected chi connectivity index (χ4v) is 1.41. The Morgan fingerprint density at radius 3 is 3.00 bits per heavy atom. The first-order chi connectivity index (χ1) is 7.22. The second kappa shape index (κ2) is 3.65. The third kappa shape index (κ3) is 1.66. The number of carbonyl (C=O) groups is 1. The van der Waals surface area contributed by atoms with Crippen LogP contribution in [-0.4, -0.2) is 23.0 Å². The second-order valence-electron chi connectivity index (χ2n) is 3.16. The van der Waals surface area contributed by atoms with Gasteiger partial charge >= 0.3 is 5.97 Å². The summed E-state index contributed by atoms with van der Waals surface area (Å²) in [6.45, 7) is 1.76. The van der Waals surface area contributed by atoms with Gasteiger partial charge in [0.15, 0.2) is 5.65 Å². The molecule has 0 atom stereocenters. The lowest BCUT2D eigenvalue weighted by Crippen LogP contribution is -2.05. The molecule has 0 aliphatic carbocycles. The molecule has 15 heavy (non-hydrogen) atoms. The van der Waals surface area contributed by atoms with Crippen LogP contribution >= 0.6 is 0 Å². The Labute approximate surface area is 86.9 Å². The summed E-state index contributed by atoms with van der Waals surface area (Å²) in [6, 6.07) is 5.41. The van der Waals surface area contributed by atoms with Gasteiger partial charge in [0, 0.05) is 11.6 Å². The van der Waals surface area contributed by atoms with Crippen LogP contribution in [0.4, 0.5) is 0 Å². The molecule has 4 nitrogen and oxygen atoms in total. The molecule has 0 aromatic carbocycles. The molecule has 0 saturated carbocycles. The molecule has 76 valence electrons. The minimum atomic E-state index is -0.370. The number of methoxy groups -OCH3 is 1. The zero-order valence-corrected chi connectivity index (χ0v) is 8.52. The highest BCUT2D eigenvalue weighted by molar-refractivity contribution is 5.94. The third-order valence-electron chi connectivity index (χ3n) is 2.19. The lowest BCUT2D eigenvalue weighted by molar-refractivity contribution is 0.0599. The predicted molar refractivity (Wildman–Crippen MR) is 55.6 cm³/mol. The van der Waals surface area contributed by atoms with Crippen LogP contribution in [0.5, 0.6) is 0 Å². The Bertz CT molecular complexity index is 523. The standard InChI is InChI=1S/C11H10N2O2/c1-7-9(11(14)15-2)6-8-4-3-5-12-10(8)13-7/h3-6H,1-2H3. The smallest absolute Gasteiger partial charge is 0.339 e. The normalized spacial score (nSPS) is 10.3. The maximum atomic E-state index is 11.4. The molecule has 0 bridgehead atoms. The molecule has 0 fully saturated rings. The highest BCUT2D eigenvalue weighted by Crippen LogP contribution is 2.14. The van der Waals surface area contributed by atoms with Crippen LogP contribution in [0.3, 0.4) is 0 Å². The zero-order chi connectivity index (χ0) is 10.8. The average molecular weight is 202 g/mol. The summed E-state index contributed by atoms with van der Waals surface area (Å²) in [4.78, 5) is 19.7. The first-order valence-corrected chi connectivity index (χ1v) is 4.53. The summed E-state index contributed by atoms with van der Waals surface area (Å²) in [7, 11) is 1.36. The van der Waals surface area contributed by atoms with Crippen LogP contribution in [0.25, 0.3) is 11.0 Å². The first-order valence-electron chi connectivity index (χ1n) is 4.53. The van der Waals surface area contributed by atoms with Gasteiger partial charge in [0.1, 0.15) is 0 Å². The predicted octanol–water partition coefficient (Wildman–Crippen LogP) is 1.72. The summed E-state index contributed by atoms with van der Waals surface area (Å²) in [5.41, 5.74) is 1.76. The molecule has 2 rings (SSSR count). The van der Waals surface area contributed by atoms with Gasteiger partial charge in [-0.15, -0.1) is 0 Å². The van der Waals surface area contributed by atoms with E-state index in [2.05, 4.69) is 14.7 Å². The van der Waals surface area contributed by atoms with Crippen molar-refractivity contribution >= 4 is 17.0 Å². The number of esters is 1. The quantitative estimate of drug-likeness (QED) is 0.661. The highest BCUT2D eigenvalue weighted by Gasteiger charge is 2.11. The second-order valence-corrected chi connectivity index (χ2v) is 3.16. The first kappa shape index (κ1) is 9.58. The Balaban J connectivity index is 2.67. The van der Waals surface area contributed by atoms with Crippen molar-refractivity contribution in [1.82, 2.24) is 9.97 Å². The average Bonchev–Trinajstić information content (AvgIpc) is 2.27. The van der Waals surface area contributed by atoms with Crippen LogP contribution in [-0.2, 0) is 4.74 Å². The summed E-state index contributed by atoms with van der Waals surface area (Å²) in [6.07, 6.45) is 1.67. The van der Waals surface area contributed by atoms with Crippen LogP contribution in [0.1, 0.15) is 16.1 Å². The van der Waals surface area contributed by atoms with Gasteiger partial charge < -0.3 is 4.74 Å². The molecule has 0 aliphatic heterocycles. The molecule has 0 spiro atoms. The summed E-state index contributed by atoms with van der Waals surface area (Å²) in [5, 5.41) is 0.837. The van der Waals surface area contributed by atoms with Crippen molar-refractivity contribution in [2.24, 2.45) is 0 Å². The van der Waals surface area contributed by atoms with E-state index in [0.29, 0.717) is 16.9 Å². The largest absolute Gasteiger partial charge is 0.465 e. The number of hydrogen-bond acceptors (Lipinski definition) is 4. The van der Waals surface area contributed by atoms with Crippen LogP contribution in [0, 0.1) is 6.92 Å². The number of nitrogens with zero attached hydrogens (tertiary/aromatic N) is 2. The van der Waals surface area contributed by atoms with E-state index in [4.69, 9.17) is 0 Å². The van der Waals surface area contributed by atoms with Crippen molar-refractivity contribution in [3.8, 4) is 0 Å². The van der Waals surface area contributed by atoms with Crippen LogP contribution in [0.2, 0.25) is 0 Å². The van der Waals surface area contributed by atoms with Crippen molar-refractivity contribution in [3.63, 3.8) is 0 Å². The van der Waals surface area contributed by atoms with Gasteiger partial charge in [-0.05, 0) is 25.1 Å². The molecule has 0 saturated heterocycles. The number of pyridine rings is 2. The van der Waals surface area contributed by atoms with Gasteiger partial charge in [0.25, 0.3) is 0 Å². The number of aryl methyl sites for hydroxylation is 1. The van der Waals surface area contributed by atoms with E-state index < -0.39 is 0 Å². The Kier molecular flexibility index (Phi) is 2.33. The van der Waals surface area contributed by atoms with E-state index in [-0.39, 0.29) is 5.97 Å². The van der Waals surface area contributed by atoms with Gasteiger partial charge in [0.05, 0.1) is 18.4 Å². The van der Waals surface area contributed by atoms with Gasteiger partial charge in [0.2, 0.25) is 0 Å². The highest BCUT2D eigenvalue weighted by atomic mass is 16.5. The van der Waals surface area contributed by atoms with Crippen molar-refractivity contribution < 1.29 is 9.53 Å². The molecule has 0 amide bonds. The number of hydrogen-bond donors (Lipinski definition) is 0. The van der Waals surface area contributed by atoms with E-state index in [0.717, 1.165) is 5.39 Å². The van der Waals surface area contributed by atoms with E-state index in [1.54, 1.807) is 25.3 Å². The van der Waals surface area contributed by atoms with Crippen molar-refractivity contribution in [2.45, 2.75) is 6.92 Å². The van der Waals surface area contributed by atoms with Gasteiger partial charge in [-0.2, -0.15) is 0 Å². The molecular formula is C11H10N2O2. The monoisotopic (exact) mass is 202 g/mol. The van der Waals surface area contributed by atoms with E-state index in [1.807, 2.05) is 6.07 Å². The van der Waals surface area contributed by atoms with Gasteiger partial charge in [-0.1, -0.05) is 0 Å². The summed E-state index contributed by atoms with van der Waals surface area (Å²) in [5.74, 6) is -0.370. The molecule has 4 heteroatoms. The molecule has 2 aromatic heterocycles. The molecule has 0 unspecified atom stereocenters. The summed E-state index contributed by atoms with van der Waals surface area (Å²) >= 11 is 0. The zero-order valence-electron chi connectivity index (χ0n) is 8.52. The van der Waals surface area contributed by atoms with Crippen molar-refractivity contribution in [3.05, 3.63) is 35.7 Å². The van der Waals surface area contributed by atoms with E-state index in [1.165, 1.54) is 7.11 Å². The van der Waals surface area contributed by atoms with Crippen LogP contribution < -0.4 is 0 Å². The lowest BCUT2D eigenvalue weighted by Gasteiger charge is -2.04. The van der Waals surface area contributed by atoms with Crippen molar-refractivity contribution in [2.75, 3.05) is 7.11 Å². The Hall–Kier alpha value is -1.97. The Morgan fingerprint density at radius 1 is 1.47 bits per heavy atom. The molecular weight excluding hydrogens is 192 g/mol. The number of aromatic nitrogens is 2. The van der Waals surface area contributed by atoms with Gasteiger partial charge in [-0.25, -0.2) is 14.8 Å². The molecule has 2 aromatic rings. The van der Waals surface area contributed by atoms with E-state index >= 15 is 0 Å². The Morgan fingerprint density at radius 2 is 2.27 bits per heavy atom. The summed E-state index contributed by atoms with van der Waals surface area (Å²) < 4.78 is 4.67. The van der Waals surface area contributed by atoms with Gasteiger partial charge in [-0.3, -0.25) is 0 Å². The minimum Gasteiger partial charge on any atom is -0.465 e. The number of carbonyl (C=O) groups excluding carboxylic acids is 1. The number of rotatable bonds is 1. The lowest BCUT2D eigenvalue weighted by atomic mass is 10.1. The fraction of sp³-hybridized carbons (Fsp3) is 0.182. The third-order valence-corrected chi connectivity index (χ3v) is 2.19. The number of ether oxygens (including phenoxy) is 1. The maximum Gasteiger partial charge on any atom is 0.339 e. The molecule has 0 N–H and O–H groups in total. The van der Waals surface area contributed by atoms with E-state index in [9.17, 15) is 4.79 Å². The molecule has 2 heterocycles. The maximum absolute atomic E-state index is 11.4. The topological polar surface area (TPSA) is 52.1 Å². The van der Waals surface area contributed by atoms with Crippen LogP contribution in [0.15, 0.2) is 24.4 Å². The fourth-order valence-electron chi connectivity index (χ4n) is 1.41. The molecule has 0 aliphatic rings. The number of fused-ring (bicyclic) bond motifs is 1.